The van der Waals surface area contributed by atoms with Crippen molar-refractivity contribution in [3.63, 3.8) is 0 Å². The lowest BCUT2D eigenvalue weighted by Gasteiger charge is -2.35. The number of fused-ring (bicyclic) bond motifs is 3. The molecular weight excluding hydrogens is 398 g/mol. The molecule has 3 aliphatic rings. The maximum atomic E-state index is 13.7. The fourth-order valence-corrected chi connectivity index (χ4v) is 4.95. The average molecular weight is 421 g/mol. The fourth-order valence-electron chi connectivity index (χ4n) is 4.95. The number of amides is 1. The molecule has 31 heavy (non-hydrogen) atoms. The summed E-state index contributed by atoms with van der Waals surface area (Å²) in [6.45, 7) is 4.09. The van der Waals surface area contributed by atoms with Crippen molar-refractivity contribution in [2.75, 3.05) is 27.6 Å². The Balaban J connectivity index is 1.66. The number of nitrogens with zero attached hydrogens (tertiary/aromatic N) is 1. The molecule has 7 nitrogen and oxygen atoms in total. The summed E-state index contributed by atoms with van der Waals surface area (Å²) in [5.41, 5.74) is 4.66. The molecule has 0 N–H and O–H groups in total. The SMILES string of the molecule is COc1ccc2c(c1OC)C(N1CCc3cc4c(cc3C1=O)OCO4)C(C(C)=O)=C2C. The molecule has 0 spiro atoms. The highest BCUT2D eigenvalue weighted by atomic mass is 16.7. The molecule has 2 aliphatic heterocycles. The van der Waals surface area contributed by atoms with Crippen molar-refractivity contribution in [2.24, 2.45) is 0 Å². The van der Waals surface area contributed by atoms with Crippen LogP contribution < -0.4 is 18.9 Å². The zero-order valence-electron chi connectivity index (χ0n) is 17.9. The third-order valence-electron chi connectivity index (χ3n) is 6.34. The molecule has 1 atom stereocenters. The highest BCUT2D eigenvalue weighted by molar-refractivity contribution is 6.07. The van der Waals surface area contributed by atoms with Gasteiger partial charge in [0, 0.05) is 23.2 Å². The van der Waals surface area contributed by atoms with Crippen molar-refractivity contribution in [2.45, 2.75) is 26.3 Å². The van der Waals surface area contributed by atoms with Gasteiger partial charge in [-0.2, -0.15) is 0 Å². The van der Waals surface area contributed by atoms with Crippen LogP contribution in [0.1, 0.15) is 46.9 Å². The molecule has 1 aliphatic carbocycles. The number of hydrogen-bond acceptors (Lipinski definition) is 6. The van der Waals surface area contributed by atoms with Crippen LogP contribution in [0.2, 0.25) is 0 Å². The van der Waals surface area contributed by atoms with Gasteiger partial charge in [-0.1, -0.05) is 6.07 Å². The maximum absolute atomic E-state index is 13.7. The normalized spacial score (nSPS) is 18.8. The van der Waals surface area contributed by atoms with Crippen LogP contribution in [-0.2, 0) is 11.2 Å². The van der Waals surface area contributed by atoms with E-state index in [1.54, 1.807) is 32.1 Å². The van der Waals surface area contributed by atoms with Gasteiger partial charge in [0.1, 0.15) is 0 Å². The van der Waals surface area contributed by atoms with E-state index in [0.717, 1.165) is 22.3 Å². The van der Waals surface area contributed by atoms with Gasteiger partial charge in [-0.25, -0.2) is 0 Å². The Morgan fingerprint density at radius 1 is 1.10 bits per heavy atom. The minimum absolute atomic E-state index is 0.0657. The molecule has 160 valence electrons. The Hall–Kier alpha value is -3.48. The predicted molar refractivity (Wildman–Crippen MR) is 113 cm³/mol. The van der Waals surface area contributed by atoms with Gasteiger partial charge in [-0.05, 0) is 55.2 Å². The standard InChI is InChI=1S/C24H23NO6/c1-12-15-5-6-17(28-3)23(29-4)21(15)22(20(12)13(2)26)25-8-7-14-9-18-19(31-11-30-18)10-16(14)24(25)27/h5-6,9-10,22H,7-8,11H2,1-4H3. The topological polar surface area (TPSA) is 74.3 Å². The Labute approximate surface area is 180 Å². The molecule has 2 heterocycles. The second-order valence-corrected chi connectivity index (χ2v) is 7.87. The van der Waals surface area contributed by atoms with Crippen LogP contribution in [0, 0.1) is 0 Å². The van der Waals surface area contributed by atoms with E-state index in [1.165, 1.54) is 0 Å². The fraction of sp³-hybridized carbons (Fsp3) is 0.333. The summed E-state index contributed by atoms with van der Waals surface area (Å²) in [6, 6.07) is 6.84. The minimum Gasteiger partial charge on any atom is -0.493 e. The van der Waals surface area contributed by atoms with Gasteiger partial charge in [-0.15, -0.1) is 0 Å². The van der Waals surface area contributed by atoms with Crippen molar-refractivity contribution in [3.8, 4) is 23.0 Å². The summed E-state index contributed by atoms with van der Waals surface area (Å²) in [4.78, 5) is 28.2. The molecule has 0 saturated carbocycles. The lowest BCUT2D eigenvalue weighted by molar-refractivity contribution is -0.114. The second-order valence-electron chi connectivity index (χ2n) is 7.87. The molecular formula is C24H23NO6. The van der Waals surface area contributed by atoms with Gasteiger partial charge in [0.2, 0.25) is 6.79 Å². The number of ether oxygens (including phenoxy) is 4. The van der Waals surface area contributed by atoms with Crippen LogP contribution in [0.15, 0.2) is 29.8 Å². The minimum atomic E-state index is -0.538. The Bertz CT molecular complexity index is 1170. The summed E-state index contributed by atoms with van der Waals surface area (Å²) >= 11 is 0. The summed E-state index contributed by atoms with van der Waals surface area (Å²) < 4.78 is 22.1. The third kappa shape index (κ3) is 2.72. The molecule has 0 bridgehead atoms. The molecule has 2 aromatic carbocycles. The molecule has 7 heteroatoms. The van der Waals surface area contributed by atoms with Crippen molar-refractivity contribution in [1.29, 1.82) is 0 Å². The number of benzene rings is 2. The smallest absolute Gasteiger partial charge is 0.255 e. The van der Waals surface area contributed by atoms with E-state index < -0.39 is 6.04 Å². The predicted octanol–water partition coefficient (Wildman–Crippen LogP) is 3.55. The molecule has 0 saturated heterocycles. The van der Waals surface area contributed by atoms with Gasteiger partial charge >= 0.3 is 0 Å². The van der Waals surface area contributed by atoms with E-state index in [9.17, 15) is 9.59 Å². The largest absolute Gasteiger partial charge is 0.493 e. The summed E-state index contributed by atoms with van der Waals surface area (Å²) in [7, 11) is 3.15. The first-order chi connectivity index (χ1) is 15.0. The van der Waals surface area contributed by atoms with Gasteiger partial charge in [0.15, 0.2) is 28.8 Å². The quantitative estimate of drug-likeness (QED) is 0.752. The van der Waals surface area contributed by atoms with E-state index in [2.05, 4.69) is 0 Å². The third-order valence-corrected chi connectivity index (χ3v) is 6.34. The van der Waals surface area contributed by atoms with Gasteiger partial charge in [0.25, 0.3) is 5.91 Å². The first-order valence-electron chi connectivity index (χ1n) is 10.2. The van der Waals surface area contributed by atoms with E-state index in [-0.39, 0.29) is 18.5 Å². The van der Waals surface area contributed by atoms with Crippen LogP contribution in [0.3, 0.4) is 0 Å². The van der Waals surface area contributed by atoms with Crippen LogP contribution in [0.5, 0.6) is 23.0 Å². The number of hydrogen-bond donors (Lipinski definition) is 0. The van der Waals surface area contributed by atoms with Crippen LogP contribution in [0.25, 0.3) is 5.57 Å². The summed E-state index contributed by atoms with van der Waals surface area (Å²) in [5, 5.41) is 0. The zero-order valence-corrected chi connectivity index (χ0v) is 17.9. The van der Waals surface area contributed by atoms with Gasteiger partial charge in [0.05, 0.1) is 20.3 Å². The molecule has 1 amide bonds. The van der Waals surface area contributed by atoms with E-state index in [0.29, 0.717) is 47.1 Å². The first kappa shape index (κ1) is 19.5. The highest BCUT2D eigenvalue weighted by Crippen LogP contribution is 2.52. The molecule has 0 fully saturated rings. The molecule has 2 aromatic rings. The van der Waals surface area contributed by atoms with E-state index >= 15 is 0 Å². The number of rotatable bonds is 4. The highest BCUT2D eigenvalue weighted by Gasteiger charge is 2.43. The Kier molecular flexibility index (Phi) is 4.43. The number of carbonyl (C=O) groups excluding carboxylic acids is 2. The lowest BCUT2D eigenvalue weighted by Crippen LogP contribution is -2.41. The molecule has 5 rings (SSSR count). The van der Waals surface area contributed by atoms with Crippen molar-refractivity contribution >= 4 is 17.3 Å². The van der Waals surface area contributed by atoms with E-state index in [1.807, 2.05) is 25.1 Å². The van der Waals surface area contributed by atoms with Gasteiger partial charge in [-0.3, -0.25) is 9.59 Å². The monoisotopic (exact) mass is 421 g/mol. The van der Waals surface area contributed by atoms with Crippen molar-refractivity contribution in [1.82, 2.24) is 4.90 Å². The molecule has 1 unspecified atom stereocenters. The summed E-state index contributed by atoms with van der Waals surface area (Å²) in [5.74, 6) is 2.14. The number of carbonyl (C=O) groups is 2. The second kappa shape index (κ2) is 7.04. The van der Waals surface area contributed by atoms with Crippen LogP contribution in [-0.4, -0.2) is 44.1 Å². The molecule has 0 radical (unpaired) electrons. The first-order valence-corrected chi connectivity index (χ1v) is 10.2. The Morgan fingerprint density at radius 3 is 2.52 bits per heavy atom. The molecule has 0 aromatic heterocycles. The van der Waals surface area contributed by atoms with Crippen molar-refractivity contribution < 1.29 is 28.5 Å². The lowest BCUT2D eigenvalue weighted by atomic mass is 9.92. The number of ketones is 1. The maximum Gasteiger partial charge on any atom is 0.255 e. The van der Waals surface area contributed by atoms with Crippen molar-refractivity contribution in [3.05, 3.63) is 52.1 Å². The Morgan fingerprint density at radius 2 is 1.84 bits per heavy atom. The van der Waals surface area contributed by atoms with E-state index in [4.69, 9.17) is 18.9 Å². The summed E-state index contributed by atoms with van der Waals surface area (Å²) in [6.07, 6.45) is 0.653. The number of Topliss-reactive ketones (excluding diaryl/α,β-unsaturated/α-hetero) is 1. The number of allylic oxidation sites excluding steroid dienone is 1. The number of methoxy groups -OCH3 is 2. The zero-order chi connectivity index (χ0) is 21.9. The average Bonchev–Trinajstić information content (AvgIpc) is 3.34. The van der Waals surface area contributed by atoms with Gasteiger partial charge < -0.3 is 23.8 Å². The van der Waals surface area contributed by atoms with Crippen LogP contribution >= 0.6 is 0 Å². The van der Waals surface area contributed by atoms with Crippen LogP contribution in [0.4, 0.5) is 0 Å².